The third-order valence-corrected chi connectivity index (χ3v) is 8.37. The Balaban J connectivity index is 2.04. The molecular formula is C29H33Cl2N3O5S. The van der Waals surface area contributed by atoms with Gasteiger partial charge in [-0.3, -0.25) is 13.9 Å². The molecule has 0 heterocycles. The fraction of sp³-hybridized carbons (Fsp3) is 0.310. The number of benzene rings is 3. The van der Waals surface area contributed by atoms with Gasteiger partial charge in [0.2, 0.25) is 11.8 Å². The molecule has 3 rings (SSSR count). The van der Waals surface area contributed by atoms with Gasteiger partial charge < -0.3 is 15.0 Å². The molecule has 0 aliphatic carbocycles. The van der Waals surface area contributed by atoms with Crippen LogP contribution in [0.3, 0.4) is 0 Å². The molecular weight excluding hydrogens is 573 g/mol. The van der Waals surface area contributed by atoms with Crippen LogP contribution in [0.4, 0.5) is 5.69 Å². The van der Waals surface area contributed by atoms with E-state index in [-0.39, 0.29) is 29.1 Å². The molecule has 0 saturated carbocycles. The van der Waals surface area contributed by atoms with Crippen LogP contribution in [0.2, 0.25) is 10.0 Å². The number of nitrogens with zero attached hydrogens (tertiary/aromatic N) is 2. The second kappa shape index (κ2) is 13.9. The Morgan fingerprint density at radius 1 is 0.950 bits per heavy atom. The van der Waals surface area contributed by atoms with Crippen LogP contribution in [0.25, 0.3) is 0 Å². The number of ether oxygens (including phenoxy) is 1. The van der Waals surface area contributed by atoms with Gasteiger partial charge in [0.25, 0.3) is 10.0 Å². The zero-order valence-electron chi connectivity index (χ0n) is 22.8. The highest BCUT2D eigenvalue weighted by molar-refractivity contribution is 7.92. The van der Waals surface area contributed by atoms with Crippen LogP contribution in [-0.2, 0) is 26.2 Å². The normalized spacial score (nSPS) is 12.1. The molecule has 0 fully saturated rings. The van der Waals surface area contributed by atoms with Crippen molar-refractivity contribution < 1.29 is 22.7 Å². The molecule has 3 aromatic rings. The number of carbonyl (C=O) groups excluding carboxylic acids is 2. The summed E-state index contributed by atoms with van der Waals surface area (Å²) in [6, 6.07) is 18.0. The van der Waals surface area contributed by atoms with E-state index in [4.69, 9.17) is 27.9 Å². The van der Waals surface area contributed by atoms with Gasteiger partial charge >= 0.3 is 0 Å². The van der Waals surface area contributed by atoms with Crippen LogP contribution in [-0.4, -0.2) is 50.4 Å². The fourth-order valence-corrected chi connectivity index (χ4v) is 5.85. The predicted molar refractivity (Wildman–Crippen MR) is 158 cm³/mol. The lowest BCUT2D eigenvalue weighted by molar-refractivity contribution is -0.139. The van der Waals surface area contributed by atoms with E-state index in [0.717, 1.165) is 4.31 Å². The number of halogens is 2. The van der Waals surface area contributed by atoms with E-state index in [2.05, 4.69) is 5.32 Å². The van der Waals surface area contributed by atoms with Crippen molar-refractivity contribution in [3.05, 3.63) is 88.4 Å². The van der Waals surface area contributed by atoms with E-state index in [0.29, 0.717) is 28.0 Å². The molecule has 0 aromatic heterocycles. The monoisotopic (exact) mass is 605 g/mol. The Kier molecular flexibility index (Phi) is 10.8. The van der Waals surface area contributed by atoms with Crippen molar-refractivity contribution in [1.82, 2.24) is 10.2 Å². The second-order valence-corrected chi connectivity index (χ2v) is 12.1. The largest absolute Gasteiger partial charge is 0.494 e. The number of rotatable bonds is 12. The SMILES string of the molecule is CCOc1ccc(N(CC(=O)N(Cc2ccc(Cl)cc2Cl)[C@H](C)C(=O)NC(C)C)S(=O)(=O)c2ccccc2)cc1. The fourth-order valence-electron chi connectivity index (χ4n) is 3.94. The van der Waals surface area contributed by atoms with Crippen molar-refractivity contribution in [3.63, 3.8) is 0 Å². The smallest absolute Gasteiger partial charge is 0.264 e. The molecule has 40 heavy (non-hydrogen) atoms. The Morgan fingerprint density at radius 2 is 1.60 bits per heavy atom. The van der Waals surface area contributed by atoms with E-state index in [9.17, 15) is 18.0 Å². The summed E-state index contributed by atoms with van der Waals surface area (Å²) >= 11 is 12.5. The van der Waals surface area contributed by atoms with Gasteiger partial charge in [0.05, 0.1) is 17.2 Å². The van der Waals surface area contributed by atoms with Gasteiger partial charge in [0, 0.05) is 22.6 Å². The summed E-state index contributed by atoms with van der Waals surface area (Å²) in [5.74, 6) is -0.412. The van der Waals surface area contributed by atoms with Crippen molar-refractivity contribution in [1.29, 1.82) is 0 Å². The maximum atomic E-state index is 13.9. The summed E-state index contributed by atoms with van der Waals surface area (Å²) in [5.41, 5.74) is 0.826. The number of anilines is 1. The highest BCUT2D eigenvalue weighted by atomic mass is 35.5. The topological polar surface area (TPSA) is 96.0 Å². The Morgan fingerprint density at radius 3 is 2.17 bits per heavy atom. The number of sulfonamides is 1. The van der Waals surface area contributed by atoms with Crippen molar-refractivity contribution >= 4 is 50.7 Å². The Hall–Kier alpha value is -3.27. The van der Waals surface area contributed by atoms with Crippen LogP contribution in [0, 0.1) is 0 Å². The summed E-state index contributed by atoms with van der Waals surface area (Å²) in [7, 11) is -4.16. The summed E-state index contributed by atoms with van der Waals surface area (Å²) in [6.07, 6.45) is 0. The third-order valence-electron chi connectivity index (χ3n) is 6.00. The zero-order chi connectivity index (χ0) is 29.4. The van der Waals surface area contributed by atoms with Crippen molar-refractivity contribution in [3.8, 4) is 5.75 Å². The van der Waals surface area contributed by atoms with E-state index in [1.807, 2.05) is 20.8 Å². The van der Waals surface area contributed by atoms with Crippen LogP contribution >= 0.6 is 23.2 Å². The maximum absolute atomic E-state index is 13.9. The van der Waals surface area contributed by atoms with Gasteiger partial charge in [-0.2, -0.15) is 0 Å². The predicted octanol–water partition coefficient (Wildman–Crippen LogP) is 5.53. The van der Waals surface area contributed by atoms with Gasteiger partial charge in [0.1, 0.15) is 18.3 Å². The molecule has 1 atom stereocenters. The minimum Gasteiger partial charge on any atom is -0.494 e. The van der Waals surface area contributed by atoms with Gasteiger partial charge in [-0.1, -0.05) is 47.5 Å². The van der Waals surface area contributed by atoms with Crippen LogP contribution < -0.4 is 14.4 Å². The standard InChI is InChI=1S/C29H33Cl2N3O5S/c1-5-39-25-15-13-24(14-16-25)34(40(37,38)26-9-7-6-8-10-26)19-28(35)33(21(4)29(36)32-20(2)3)18-22-11-12-23(30)17-27(22)31/h6-17,20-21H,5,18-19H2,1-4H3,(H,32,36)/t21-/m1/s1. The lowest BCUT2D eigenvalue weighted by Gasteiger charge is -2.32. The van der Waals surface area contributed by atoms with Crippen LogP contribution in [0.5, 0.6) is 5.75 Å². The number of hydrogen-bond acceptors (Lipinski definition) is 5. The lowest BCUT2D eigenvalue weighted by atomic mass is 10.1. The molecule has 8 nitrogen and oxygen atoms in total. The number of nitrogens with one attached hydrogen (secondary N) is 1. The van der Waals surface area contributed by atoms with Crippen LogP contribution in [0.15, 0.2) is 77.7 Å². The molecule has 0 aliphatic rings. The summed E-state index contributed by atoms with van der Waals surface area (Å²) in [4.78, 5) is 28.3. The molecule has 3 aromatic carbocycles. The van der Waals surface area contributed by atoms with Crippen molar-refractivity contribution in [2.24, 2.45) is 0 Å². The van der Waals surface area contributed by atoms with Crippen LogP contribution in [0.1, 0.15) is 33.3 Å². The van der Waals surface area contributed by atoms with E-state index in [1.54, 1.807) is 67.6 Å². The first-order valence-corrected chi connectivity index (χ1v) is 15.0. The van der Waals surface area contributed by atoms with E-state index in [1.165, 1.54) is 17.0 Å². The molecule has 11 heteroatoms. The van der Waals surface area contributed by atoms with Gasteiger partial charge in [-0.15, -0.1) is 0 Å². The molecule has 2 amide bonds. The van der Waals surface area contributed by atoms with E-state index < -0.39 is 28.5 Å². The molecule has 0 saturated heterocycles. The first-order chi connectivity index (χ1) is 18.9. The summed E-state index contributed by atoms with van der Waals surface area (Å²) < 4.78 is 34.1. The van der Waals surface area contributed by atoms with E-state index >= 15 is 0 Å². The molecule has 0 aliphatic heterocycles. The molecule has 1 N–H and O–H groups in total. The molecule has 0 radical (unpaired) electrons. The Bertz CT molecular complexity index is 1420. The van der Waals surface area contributed by atoms with Crippen molar-refractivity contribution in [2.75, 3.05) is 17.5 Å². The molecule has 0 unspecified atom stereocenters. The Labute approximate surface area is 245 Å². The zero-order valence-corrected chi connectivity index (χ0v) is 25.1. The molecule has 214 valence electrons. The summed E-state index contributed by atoms with van der Waals surface area (Å²) in [5, 5.41) is 3.56. The maximum Gasteiger partial charge on any atom is 0.264 e. The highest BCUT2D eigenvalue weighted by Crippen LogP contribution is 2.27. The minimum absolute atomic E-state index is 0.0228. The van der Waals surface area contributed by atoms with Gasteiger partial charge in [-0.25, -0.2) is 8.42 Å². The average molecular weight is 607 g/mol. The third kappa shape index (κ3) is 7.90. The average Bonchev–Trinajstić information content (AvgIpc) is 2.91. The minimum atomic E-state index is -4.16. The number of amides is 2. The van der Waals surface area contributed by atoms with Crippen molar-refractivity contribution in [2.45, 2.75) is 51.2 Å². The number of hydrogen-bond donors (Lipinski definition) is 1. The first kappa shape index (κ1) is 31.3. The first-order valence-electron chi connectivity index (χ1n) is 12.8. The lowest BCUT2D eigenvalue weighted by Crippen LogP contribution is -2.52. The van der Waals surface area contributed by atoms with Gasteiger partial charge in [-0.05, 0) is 81.8 Å². The quantitative estimate of drug-likeness (QED) is 0.293. The summed E-state index contributed by atoms with van der Waals surface area (Å²) in [6.45, 7) is 6.91. The molecule has 0 spiro atoms. The molecule has 0 bridgehead atoms. The van der Waals surface area contributed by atoms with Gasteiger partial charge in [0.15, 0.2) is 0 Å². The highest BCUT2D eigenvalue weighted by Gasteiger charge is 2.33. The second-order valence-electron chi connectivity index (χ2n) is 9.35. The number of carbonyl (C=O) groups is 2.